The van der Waals surface area contributed by atoms with E-state index in [1.165, 1.54) is 6.20 Å². The van der Waals surface area contributed by atoms with E-state index >= 15 is 0 Å². The van der Waals surface area contributed by atoms with Gasteiger partial charge >= 0.3 is 0 Å². The third-order valence-corrected chi connectivity index (χ3v) is 2.58. The molecule has 18 heavy (non-hydrogen) atoms. The van der Waals surface area contributed by atoms with Gasteiger partial charge in [-0.3, -0.25) is 9.78 Å². The van der Waals surface area contributed by atoms with Crippen LogP contribution in [0.1, 0.15) is 28.9 Å². The highest BCUT2D eigenvalue weighted by Crippen LogP contribution is 2.11. The molecule has 0 bridgehead atoms. The van der Waals surface area contributed by atoms with Gasteiger partial charge < -0.3 is 11.1 Å². The van der Waals surface area contributed by atoms with Crippen molar-refractivity contribution >= 4 is 11.7 Å². The molecule has 0 spiro atoms. The first-order valence-electron chi connectivity index (χ1n) is 5.59. The Labute approximate surface area is 105 Å². The van der Waals surface area contributed by atoms with Crippen molar-refractivity contribution < 1.29 is 4.79 Å². The zero-order chi connectivity index (χ0) is 13.0. The number of hydrogen-bond donors (Lipinski definition) is 2. The van der Waals surface area contributed by atoms with Crippen molar-refractivity contribution in [2.45, 2.75) is 13.0 Å². The van der Waals surface area contributed by atoms with Crippen molar-refractivity contribution in [1.29, 1.82) is 0 Å². The minimum Gasteiger partial charge on any atom is -0.384 e. The normalized spacial score (nSPS) is 11.8. The van der Waals surface area contributed by atoms with E-state index < -0.39 is 0 Å². The van der Waals surface area contributed by atoms with Crippen LogP contribution in [0.2, 0.25) is 0 Å². The minimum atomic E-state index is -0.182. The summed E-state index contributed by atoms with van der Waals surface area (Å²) in [5.74, 6) is 0.214. The number of aromatic nitrogens is 2. The molecule has 1 unspecified atom stereocenters. The van der Waals surface area contributed by atoms with Crippen molar-refractivity contribution in [3.63, 3.8) is 0 Å². The third kappa shape index (κ3) is 2.82. The summed E-state index contributed by atoms with van der Waals surface area (Å²) in [6.07, 6.45) is 4.88. The molecule has 0 fully saturated rings. The standard InChI is InChI=1S/C13H14N4O/c1-9(10-3-2-6-15-7-10)17-13(18)11-4-5-12(14)16-8-11/h2-9H,1H3,(H2,14,16)(H,17,18). The van der Waals surface area contributed by atoms with Gasteiger partial charge in [0.2, 0.25) is 0 Å². The van der Waals surface area contributed by atoms with E-state index in [2.05, 4.69) is 15.3 Å². The van der Waals surface area contributed by atoms with Crippen LogP contribution in [0.25, 0.3) is 0 Å². The lowest BCUT2D eigenvalue weighted by molar-refractivity contribution is 0.0939. The average Bonchev–Trinajstić information content (AvgIpc) is 2.40. The molecule has 3 N–H and O–H groups in total. The van der Waals surface area contributed by atoms with Crippen molar-refractivity contribution in [1.82, 2.24) is 15.3 Å². The summed E-state index contributed by atoms with van der Waals surface area (Å²) in [4.78, 5) is 19.8. The highest BCUT2D eigenvalue weighted by molar-refractivity contribution is 5.94. The number of anilines is 1. The molecule has 0 radical (unpaired) electrons. The molecule has 92 valence electrons. The van der Waals surface area contributed by atoms with Crippen LogP contribution in [0.15, 0.2) is 42.9 Å². The maximum absolute atomic E-state index is 11.9. The van der Waals surface area contributed by atoms with Crippen molar-refractivity contribution in [3.8, 4) is 0 Å². The second-order valence-electron chi connectivity index (χ2n) is 3.95. The molecule has 0 saturated carbocycles. The molecule has 5 nitrogen and oxygen atoms in total. The van der Waals surface area contributed by atoms with Crippen molar-refractivity contribution in [2.75, 3.05) is 5.73 Å². The molecule has 0 aliphatic carbocycles. The van der Waals surface area contributed by atoms with Gasteiger partial charge in [0, 0.05) is 18.6 Å². The average molecular weight is 242 g/mol. The van der Waals surface area contributed by atoms with E-state index in [1.54, 1.807) is 24.5 Å². The van der Waals surface area contributed by atoms with E-state index in [9.17, 15) is 4.79 Å². The quantitative estimate of drug-likeness (QED) is 0.855. The molecule has 1 amide bonds. The number of pyridine rings is 2. The molecule has 0 aliphatic rings. The van der Waals surface area contributed by atoms with Crippen LogP contribution in [0.4, 0.5) is 5.82 Å². The van der Waals surface area contributed by atoms with E-state index in [0.29, 0.717) is 11.4 Å². The monoisotopic (exact) mass is 242 g/mol. The summed E-state index contributed by atoms with van der Waals surface area (Å²) in [5, 5.41) is 2.87. The molecular weight excluding hydrogens is 228 g/mol. The Bertz CT molecular complexity index is 524. The minimum absolute atomic E-state index is 0.108. The Balaban J connectivity index is 2.06. The number of carbonyl (C=O) groups excluding carboxylic acids is 1. The van der Waals surface area contributed by atoms with Gasteiger partial charge in [-0.15, -0.1) is 0 Å². The number of nitrogen functional groups attached to an aromatic ring is 1. The first-order valence-corrected chi connectivity index (χ1v) is 5.59. The maximum Gasteiger partial charge on any atom is 0.253 e. The number of carbonyl (C=O) groups is 1. The van der Waals surface area contributed by atoms with E-state index in [1.807, 2.05) is 19.1 Å². The molecule has 1 atom stereocenters. The fourth-order valence-electron chi connectivity index (χ4n) is 1.54. The first-order chi connectivity index (χ1) is 8.66. The lowest BCUT2D eigenvalue weighted by atomic mass is 10.1. The van der Waals surface area contributed by atoms with E-state index in [4.69, 9.17) is 5.73 Å². The number of hydrogen-bond acceptors (Lipinski definition) is 4. The largest absolute Gasteiger partial charge is 0.384 e. The molecule has 2 aromatic heterocycles. The fourth-order valence-corrected chi connectivity index (χ4v) is 1.54. The molecule has 0 aromatic carbocycles. The van der Waals surface area contributed by atoms with Gasteiger partial charge in [0.1, 0.15) is 5.82 Å². The first kappa shape index (κ1) is 12.0. The maximum atomic E-state index is 11.9. The van der Waals surface area contributed by atoms with Gasteiger partial charge in [-0.25, -0.2) is 4.98 Å². The molecular formula is C13H14N4O. The smallest absolute Gasteiger partial charge is 0.253 e. The van der Waals surface area contributed by atoms with Crippen LogP contribution in [-0.4, -0.2) is 15.9 Å². The summed E-state index contributed by atoms with van der Waals surface area (Å²) in [6.45, 7) is 1.90. The lowest BCUT2D eigenvalue weighted by Crippen LogP contribution is -2.26. The van der Waals surface area contributed by atoms with E-state index in [0.717, 1.165) is 5.56 Å². The molecule has 2 heterocycles. The lowest BCUT2D eigenvalue weighted by Gasteiger charge is -2.13. The number of amides is 1. The van der Waals surface area contributed by atoms with Crippen LogP contribution >= 0.6 is 0 Å². The van der Waals surface area contributed by atoms with Gasteiger partial charge in [-0.1, -0.05) is 6.07 Å². The second kappa shape index (κ2) is 5.27. The topological polar surface area (TPSA) is 80.9 Å². The highest BCUT2D eigenvalue weighted by atomic mass is 16.1. The van der Waals surface area contributed by atoms with Gasteiger partial charge in [-0.05, 0) is 30.7 Å². The fraction of sp³-hybridized carbons (Fsp3) is 0.154. The van der Waals surface area contributed by atoms with Gasteiger partial charge in [0.25, 0.3) is 5.91 Å². The van der Waals surface area contributed by atoms with Crippen LogP contribution in [0, 0.1) is 0 Å². The summed E-state index contributed by atoms with van der Waals surface area (Å²) in [7, 11) is 0. The summed E-state index contributed by atoms with van der Waals surface area (Å²) >= 11 is 0. The Kier molecular flexibility index (Phi) is 3.52. The van der Waals surface area contributed by atoms with Crippen LogP contribution in [0.5, 0.6) is 0 Å². The van der Waals surface area contributed by atoms with Crippen LogP contribution in [-0.2, 0) is 0 Å². The Hall–Kier alpha value is -2.43. The van der Waals surface area contributed by atoms with Gasteiger partial charge in [-0.2, -0.15) is 0 Å². The predicted octanol–water partition coefficient (Wildman–Crippen LogP) is 1.55. The molecule has 2 aromatic rings. The predicted molar refractivity (Wildman–Crippen MR) is 68.8 cm³/mol. The summed E-state index contributed by atoms with van der Waals surface area (Å²) in [5.41, 5.74) is 6.91. The molecule has 5 heteroatoms. The van der Waals surface area contributed by atoms with E-state index in [-0.39, 0.29) is 11.9 Å². The Morgan fingerprint density at radius 1 is 1.33 bits per heavy atom. The molecule has 0 aliphatic heterocycles. The third-order valence-electron chi connectivity index (χ3n) is 2.58. The molecule has 2 rings (SSSR count). The van der Waals surface area contributed by atoms with Gasteiger partial charge in [0.15, 0.2) is 0 Å². The van der Waals surface area contributed by atoms with Crippen LogP contribution < -0.4 is 11.1 Å². The number of nitrogens with one attached hydrogen (secondary N) is 1. The van der Waals surface area contributed by atoms with Crippen LogP contribution in [0.3, 0.4) is 0 Å². The number of rotatable bonds is 3. The van der Waals surface area contributed by atoms with Crippen molar-refractivity contribution in [3.05, 3.63) is 54.0 Å². The summed E-state index contributed by atoms with van der Waals surface area (Å²) in [6, 6.07) is 6.89. The summed E-state index contributed by atoms with van der Waals surface area (Å²) < 4.78 is 0. The highest BCUT2D eigenvalue weighted by Gasteiger charge is 2.11. The Morgan fingerprint density at radius 3 is 2.78 bits per heavy atom. The molecule has 0 saturated heterocycles. The zero-order valence-electron chi connectivity index (χ0n) is 10.00. The SMILES string of the molecule is CC(NC(=O)c1ccc(N)nc1)c1cccnc1. The zero-order valence-corrected chi connectivity index (χ0v) is 10.00. The number of nitrogens with zero attached hydrogens (tertiary/aromatic N) is 2. The second-order valence-corrected chi connectivity index (χ2v) is 3.95. The van der Waals surface area contributed by atoms with Crippen molar-refractivity contribution in [2.24, 2.45) is 0 Å². The Morgan fingerprint density at radius 2 is 2.17 bits per heavy atom. The number of nitrogens with two attached hydrogens (primary N) is 1. The van der Waals surface area contributed by atoms with Gasteiger partial charge in [0.05, 0.1) is 11.6 Å².